The Bertz CT molecular complexity index is 1020. The molecule has 1 atom stereocenters. The van der Waals surface area contributed by atoms with Gasteiger partial charge in [0.1, 0.15) is 12.6 Å². The smallest absolute Gasteiger partial charge is 0.408 e. The SMILES string of the molecule is O=C(N[C@@H](Cc1ccc([N+](=O)[O-])cc1)C(=O)Nc1ccccc1)OCc1ccccc1. The highest BCUT2D eigenvalue weighted by atomic mass is 16.6. The summed E-state index contributed by atoms with van der Waals surface area (Å²) in [5.74, 6) is -0.429. The van der Waals surface area contributed by atoms with Gasteiger partial charge in [0.2, 0.25) is 5.91 Å². The minimum absolute atomic E-state index is 0.0516. The van der Waals surface area contributed by atoms with Gasteiger partial charge >= 0.3 is 6.09 Å². The number of nitrogens with one attached hydrogen (secondary N) is 2. The normalized spacial score (nSPS) is 11.2. The van der Waals surface area contributed by atoms with Crippen molar-refractivity contribution in [1.82, 2.24) is 5.32 Å². The summed E-state index contributed by atoms with van der Waals surface area (Å²) >= 11 is 0. The Morgan fingerprint density at radius 2 is 1.48 bits per heavy atom. The molecule has 0 unspecified atom stereocenters. The maximum absolute atomic E-state index is 12.8. The van der Waals surface area contributed by atoms with Gasteiger partial charge in [-0.3, -0.25) is 14.9 Å². The van der Waals surface area contributed by atoms with E-state index in [9.17, 15) is 19.7 Å². The van der Waals surface area contributed by atoms with Crippen molar-refractivity contribution >= 4 is 23.4 Å². The highest BCUT2D eigenvalue weighted by Crippen LogP contribution is 2.14. The zero-order valence-corrected chi connectivity index (χ0v) is 16.6. The third-order valence-electron chi connectivity index (χ3n) is 4.45. The number of hydrogen-bond acceptors (Lipinski definition) is 5. The van der Waals surface area contributed by atoms with Gasteiger partial charge in [-0.15, -0.1) is 0 Å². The molecule has 0 heterocycles. The fourth-order valence-corrected chi connectivity index (χ4v) is 2.86. The molecule has 0 radical (unpaired) electrons. The number of nitrogens with zero attached hydrogens (tertiary/aromatic N) is 1. The van der Waals surface area contributed by atoms with E-state index in [-0.39, 0.29) is 18.7 Å². The van der Waals surface area contributed by atoms with Gasteiger partial charge in [-0.05, 0) is 23.3 Å². The lowest BCUT2D eigenvalue weighted by molar-refractivity contribution is -0.384. The zero-order chi connectivity index (χ0) is 22.1. The lowest BCUT2D eigenvalue weighted by Crippen LogP contribution is -2.45. The van der Waals surface area contributed by atoms with Crippen LogP contribution in [0.5, 0.6) is 0 Å². The molecule has 0 aliphatic heterocycles. The average Bonchev–Trinajstić information content (AvgIpc) is 2.79. The summed E-state index contributed by atoms with van der Waals surface area (Å²) < 4.78 is 5.23. The Balaban J connectivity index is 1.68. The molecule has 158 valence electrons. The van der Waals surface area contributed by atoms with Crippen molar-refractivity contribution in [2.24, 2.45) is 0 Å². The maximum atomic E-state index is 12.8. The number of anilines is 1. The number of carbonyl (C=O) groups is 2. The number of rotatable bonds is 8. The van der Waals surface area contributed by atoms with Gasteiger partial charge in [0.25, 0.3) is 5.69 Å². The van der Waals surface area contributed by atoms with E-state index in [0.717, 1.165) is 5.56 Å². The third kappa shape index (κ3) is 6.67. The molecule has 0 aliphatic carbocycles. The molecule has 0 fully saturated rings. The summed E-state index contributed by atoms with van der Waals surface area (Å²) in [4.78, 5) is 35.5. The van der Waals surface area contributed by atoms with Gasteiger partial charge < -0.3 is 15.4 Å². The van der Waals surface area contributed by atoms with Crippen molar-refractivity contribution in [1.29, 1.82) is 0 Å². The largest absolute Gasteiger partial charge is 0.445 e. The topological polar surface area (TPSA) is 111 Å². The fraction of sp³-hybridized carbons (Fsp3) is 0.130. The van der Waals surface area contributed by atoms with Crippen LogP contribution in [0.15, 0.2) is 84.9 Å². The Morgan fingerprint density at radius 3 is 2.10 bits per heavy atom. The second-order valence-corrected chi connectivity index (χ2v) is 6.74. The summed E-state index contributed by atoms with van der Waals surface area (Å²) in [5.41, 5.74) is 2.00. The molecule has 2 N–H and O–H groups in total. The van der Waals surface area contributed by atoms with Crippen molar-refractivity contribution in [2.45, 2.75) is 19.1 Å². The van der Waals surface area contributed by atoms with Crippen LogP contribution in [0.3, 0.4) is 0 Å². The van der Waals surface area contributed by atoms with Gasteiger partial charge in [0.15, 0.2) is 0 Å². The van der Waals surface area contributed by atoms with Gasteiger partial charge in [0, 0.05) is 24.2 Å². The highest BCUT2D eigenvalue weighted by molar-refractivity contribution is 5.96. The monoisotopic (exact) mass is 419 g/mol. The Morgan fingerprint density at radius 1 is 0.871 bits per heavy atom. The van der Waals surface area contributed by atoms with Crippen molar-refractivity contribution in [3.8, 4) is 0 Å². The molecule has 31 heavy (non-hydrogen) atoms. The van der Waals surface area contributed by atoms with E-state index in [1.165, 1.54) is 12.1 Å². The molecule has 3 aromatic carbocycles. The Hall–Kier alpha value is -4.20. The second kappa shape index (κ2) is 10.5. The molecule has 0 aromatic heterocycles. The average molecular weight is 419 g/mol. The number of amides is 2. The number of carbonyl (C=O) groups excluding carboxylic acids is 2. The standard InChI is InChI=1S/C23H21N3O5/c27-22(24-19-9-5-2-6-10-19)21(15-17-11-13-20(14-12-17)26(29)30)25-23(28)31-16-18-7-3-1-4-8-18/h1-14,21H,15-16H2,(H,24,27)(H,25,28)/t21-/m0/s1. The molecule has 3 rings (SSSR count). The third-order valence-corrected chi connectivity index (χ3v) is 4.45. The molecule has 0 saturated heterocycles. The van der Waals surface area contributed by atoms with E-state index in [4.69, 9.17) is 4.74 Å². The van der Waals surface area contributed by atoms with E-state index in [2.05, 4.69) is 10.6 Å². The molecule has 8 heteroatoms. The van der Waals surface area contributed by atoms with E-state index < -0.39 is 23.0 Å². The highest BCUT2D eigenvalue weighted by Gasteiger charge is 2.22. The predicted octanol–water partition coefficient (Wildman–Crippen LogP) is 4.07. The molecular formula is C23H21N3O5. The van der Waals surface area contributed by atoms with Gasteiger partial charge in [0.05, 0.1) is 4.92 Å². The number of nitro benzene ring substituents is 1. The first-order valence-corrected chi connectivity index (χ1v) is 9.58. The van der Waals surface area contributed by atoms with Crippen LogP contribution in [0, 0.1) is 10.1 Å². The zero-order valence-electron chi connectivity index (χ0n) is 16.6. The minimum atomic E-state index is -0.940. The van der Waals surface area contributed by atoms with Crippen LogP contribution in [0.1, 0.15) is 11.1 Å². The van der Waals surface area contributed by atoms with Crippen LogP contribution >= 0.6 is 0 Å². The van der Waals surface area contributed by atoms with Crippen LogP contribution in [0.4, 0.5) is 16.2 Å². The van der Waals surface area contributed by atoms with Crippen LogP contribution in [-0.2, 0) is 22.6 Å². The molecule has 0 aliphatic rings. The molecule has 0 bridgehead atoms. The van der Waals surface area contributed by atoms with Crippen LogP contribution in [0.25, 0.3) is 0 Å². The lowest BCUT2D eigenvalue weighted by Gasteiger charge is -2.18. The van der Waals surface area contributed by atoms with Crippen LogP contribution in [-0.4, -0.2) is 23.0 Å². The van der Waals surface area contributed by atoms with E-state index in [1.54, 1.807) is 36.4 Å². The van der Waals surface area contributed by atoms with Crippen molar-refractivity contribution in [3.05, 3.63) is 106 Å². The Kier molecular flexibility index (Phi) is 7.31. The predicted molar refractivity (Wildman–Crippen MR) is 115 cm³/mol. The van der Waals surface area contributed by atoms with Crippen LogP contribution < -0.4 is 10.6 Å². The second-order valence-electron chi connectivity index (χ2n) is 6.74. The molecule has 8 nitrogen and oxygen atoms in total. The van der Waals surface area contributed by atoms with Crippen molar-refractivity contribution in [2.75, 3.05) is 5.32 Å². The number of para-hydroxylation sites is 1. The first kappa shape index (κ1) is 21.5. The summed E-state index contributed by atoms with van der Waals surface area (Å²) in [5, 5.41) is 16.2. The summed E-state index contributed by atoms with van der Waals surface area (Å²) in [6, 6.07) is 22.9. The molecule has 0 saturated carbocycles. The van der Waals surface area contributed by atoms with E-state index >= 15 is 0 Å². The number of benzene rings is 3. The lowest BCUT2D eigenvalue weighted by atomic mass is 10.0. The van der Waals surface area contributed by atoms with Gasteiger partial charge in [-0.25, -0.2) is 4.79 Å². The molecule has 3 aromatic rings. The van der Waals surface area contributed by atoms with Crippen molar-refractivity contribution < 1.29 is 19.2 Å². The number of hydrogen-bond donors (Lipinski definition) is 2. The number of non-ortho nitro benzene ring substituents is 1. The quantitative estimate of drug-likeness (QED) is 0.422. The molecule has 0 spiro atoms. The van der Waals surface area contributed by atoms with E-state index in [0.29, 0.717) is 11.3 Å². The summed E-state index contributed by atoms with van der Waals surface area (Å²) in [6.07, 6.45) is -0.601. The number of ether oxygens (including phenoxy) is 1. The first-order chi connectivity index (χ1) is 15.0. The minimum Gasteiger partial charge on any atom is -0.445 e. The maximum Gasteiger partial charge on any atom is 0.408 e. The van der Waals surface area contributed by atoms with Gasteiger partial charge in [-0.2, -0.15) is 0 Å². The van der Waals surface area contributed by atoms with Gasteiger partial charge in [-0.1, -0.05) is 60.7 Å². The summed E-state index contributed by atoms with van der Waals surface area (Å²) in [7, 11) is 0. The van der Waals surface area contributed by atoms with Crippen LogP contribution in [0.2, 0.25) is 0 Å². The molecular weight excluding hydrogens is 398 g/mol. The number of alkyl carbamates (subject to hydrolysis) is 1. The fourth-order valence-electron chi connectivity index (χ4n) is 2.86. The number of nitro groups is 1. The Labute approximate surface area is 179 Å². The molecule has 2 amide bonds. The van der Waals surface area contributed by atoms with E-state index in [1.807, 2.05) is 36.4 Å². The first-order valence-electron chi connectivity index (χ1n) is 9.58. The summed E-state index contributed by atoms with van der Waals surface area (Å²) in [6.45, 7) is 0.0667. The van der Waals surface area contributed by atoms with Crippen molar-refractivity contribution in [3.63, 3.8) is 0 Å².